The van der Waals surface area contributed by atoms with Gasteiger partial charge < -0.3 is 19.1 Å². The first-order valence-electron chi connectivity index (χ1n) is 8.13. The van der Waals surface area contributed by atoms with Crippen LogP contribution in [0.15, 0.2) is 36.4 Å². The number of hydrogen-bond donors (Lipinski definition) is 0. The lowest BCUT2D eigenvalue weighted by Gasteiger charge is -2.19. The van der Waals surface area contributed by atoms with Gasteiger partial charge in [0.2, 0.25) is 0 Å². The monoisotopic (exact) mass is 343 g/mol. The Morgan fingerprint density at radius 3 is 2.28 bits per heavy atom. The van der Waals surface area contributed by atoms with Crippen molar-refractivity contribution in [2.24, 2.45) is 0 Å². The van der Waals surface area contributed by atoms with E-state index in [0.29, 0.717) is 30.2 Å². The molecule has 0 bridgehead atoms. The fraction of sp³-hybridized carbons (Fsp3) is 0.350. The van der Waals surface area contributed by atoms with Crippen LogP contribution in [0.2, 0.25) is 0 Å². The van der Waals surface area contributed by atoms with Crippen molar-refractivity contribution in [3.63, 3.8) is 0 Å². The smallest absolute Gasteiger partial charge is 0.253 e. The first kappa shape index (κ1) is 18.6. The Balaban J connectivity index is 1.96. The van der Waals surface area contributed by atoms with Gasteiger partial charge in [-0.2, -0.15) is 0 Å². The lowest BCUT2D eigenvalue weighted by molar-refractivity contribution is 0.0773. The highest BCUT2D eigenvalue weighted by atomic mass is 16.5. The molecule has 0 fully saturated rings. The number of nitrogens with zero attached hydrogens (tertiary/aromatic N) is 1. The second-order valence-electron chi connectivity index (χ2n) is 5.91. The fourth-order valence-electron chi connectivity index (χ4n) is 2.54. The van der Waals surface area contributed by atoms with Crippen molar-refractivity contribution >= 4 is 5.91 Å². The number of likely N-dealkylation sites (N-methyl/N-ethyl adjacent to an activating group) is 1. The molecule has 25 heavy (non-hydrogen) atoms. The molecule has 0 spiro atoms. The molecule has 0 saturated heterocycles. The van der Waals surface area contributed by atoms with E-state index in [2.05, 4.69) is 6.07 Å². The van der Waals surface area contributed by atoms with Crippen LogP contribution in [-0.2, 0) is 0 Å². The van der Waals surface area contributed by atoms with Gasteiger partial charge >= 0.3 is 0 Å². The Morgan fingerprint density at radius 1 is 0.960 bits per heavy atom. The molecule has 5 heteroatoms. The van der Waals surface area contributed by atoms with Crippen molar-refractivity contribution in [1.29, 1.82) is 0 Å². The average molecular weight is 343 g/mol. The van der Waals surface area contributed by atoms with E-state index in [1.165, 1.54) is 5.56 Å². The van der Waals surface area contributed by atoms with Crippen LogP contribution < -0.4 is 14.2 Å². The number of aryl methyl sites for hydroxylation is 2. The van der Waals surface area contributed by atoms with E-state index in [1.807, 2.05) is 26.0 Å². The van der Waals surface area contributed by atoms with Gasteiger partial charge in [-0.3, -0.25) is 4.79 Å². The molecule has 1 amide bonds. The number of carbonyl (C=O) groups excluding carboxylic acids is 1. The SMILES string of the molecule is COc1ccc(C(=O)N(C)CCOc2ccc(C)cc2C)cc1OC. The van der Waals surface area contributed by atoms with Crippen LogP contribution in [0.1, 0.15) is 21.5 Å². The largest absolute Gasteiger partial charge is 0.493 e. The minimum atomic E-state index is -0.0924. The van der Waals surface area contributed by atoms with Crippen LogP contribution in [0.25, 0.3) is 0 Å². The molecule has 0 radical (unpaired) electrons. The third-order valence-corrected chi connectivity index (χ3v) is 3.99. The molecule has 0 aliphatic carbocycles. The first-order chi connectivity index (χ1) is 12.0. The van der Waals surface area contributed by atoms with Gasteiger partial charge in [-0.1, -0.05) is 17.7 Å². The topological polar surface area (TPSA) is 48.0 Å². The molecule has 0 aromatic heterocycles. The minimum absolute atomic E-state index is 0.0924. The van der Waals surface area contributed by atoms with Crippen molar-refractivity contribution in [3.8, 4) is 17.2 Å². The van der Waals surface area contributed by atoms with E-state index in [1.54, 1.807) is 44.4 Å². The summed E-state index contributed by atoms with van der Waals surface area (Å²) >= 11 is 0. The standard InChI is InChI=1S/C20H25NO4/c1-14-6-8-17(15(2)12-14)25-11-10-21(3)20(22)16-7-9-18(23-4)19(13-16)24-5/h6-9,12-13H,10-11H2,1-5H3. The van der Waals surface area contributed by atoms with Crippen LogP contribution in [0.4, 0.5) is 0 Å². The number of amides is 1. The van der Waals surface area contributed by atoms with Crippen LogP contribution >= 0.6 is 0 Å². The zero-order valence-corrected chi connectivity index (χ0v) is 15.5. The van der Waals surface area contributed by atoms with Gasteiger partial charge in [0.1, 0.15) is 12.4 Å². The number of methoxy groups -OCH3 is 2. The number of benzene rings is 2. The van der Waals surface area contributed by atoms with E-state index in [9.17, 15) is 4.79 Å². The van der Waals surface area contributed by atoms with Crippen LogP contribution in [0, 0.1) is 13.8 Å². The molecule has 0 heterocycles. The van der Waals surface area contributed by atoms with Crippen molar-refractivity contribution in [1.82, 2.24) is 4.90 Å². The van der Waals surface area contributed by atoms with Crippen molar-refractivity contribution in [3.05, 3.63) is 53.1 Å². The number of rotatable bonds is 7. The maximum absolute atomic E-state index is 12.5. The van der Waals surface area contributed by atoms with Crippen molar-refractivity contribution in [2.75, 3.05) is 34.4 Å². The van der Waals surface area contributed by atoms with E-state index in [0.717, 1.165) is 11.3 Å². The van der Waals surface area contributed by atoms with Gasteiger partial charge in [0.25, 0.3) is 5.91 Å². The zero-order valence-electron chi connectivity index (χ0n) is 15.5. The minimum Gasteiger partial charge on any atom is -0.493 e. The highest BCUT2D eigenvalue weighted by molar-refractivity contribution is 5.94. The maximum atomic E-state index is 12.5. The summed E-state index contributed by atoms with van der Waals surface area (Å²) in [6.45, 7) is 4.98. The van der Waals surface area contributed by atoms with Crippen LogP contribution in [0.5, 0.6) is 17.2 Å². The molecule has 134 valence electrons. The summed E-state index contributed by atoms with van der Waals surface area (Å²) in [5.41, 5.74) is 2.84. The lowest BCUT2D eigenvalue weighted by atomic mass is 10.1. The Hall–Kier alpha value is -2.69. The number of hydrogen-bond acceptors (Lipinski definition) is 4. The highest BCUT2D eigenvalue weighted by Crippen LogP contribution is 2.28. The maximum Gasteiger partial charge on any atom is 0.253 e. The zero-order chi connectivity index (χ0) is 18.4. The Bertz CT molecular complexity index is 742. The molecule has 2 rings (SSSR count). The quantitative estimate of drug-likeness (QED) is 0.772. The molecular formula is C20H25NO4. The Kier molecular flexibility index (Phi) is 6.28. The number of carbonyl (C=O) groups is 1. The predicted molar refractivity (Wildman–Crippen MR) is 97.9 cm³/mol. The van der Waals surface area contributed by atoms with E-state index < -0.39 is 0 Å². The van der Waals surface area contributed by atoms with Crippen LogP contribution in [0.3, 0.4) is 0 Å². The van der Waals surface area contributed by atoms with E-state index in [4.69, 9.17) is 14.2 Å². The van der Waals surface area contributed by atoms with Gasteiger partial charge in [-0.05, 0) is 43.7 Å². The summed E-state index contributed by atoms with van der Waals surface area (Å²) in [5.74, 6) is 1.89. The molecule has 0 atom stereocenters. The highest BCUT2D eigenvalue weighted by Gasteiger charge is 2.15. The second kappa shape index (κ2) is 8.42. The second-order valence-corrected chi connectivity index (χ2v) is 5.91. The number of ether oxygens (including phenoxy) is 3. The molecule has 0 aliphatic heterocycles. The average Bonchev–Trinajstić information content (AvgIpc) is 2.62. The lowest BCUT2D eigenvalue weighted by Crippen LogP contribution is -2.30. The normalized spacial score (nSPS) is 10.3. The molecule has 2 aromatic rings. The summed E-state index contributed by atoms with van der Waals surface area (Å²) in [6, 6.07) is 11.2. The van der Waals surface area contributed by atoms with Gasteiger partial charge in [-0.25, -0.2) is 0 Å². The van der Waals surface area contributed by atoms with E-state index in [-0.39, 0.29) is 5.91 Å². The van der Waals surface area contributed by atoms with Crippen LogP contribution in [-0.4, -0.2) is 45.2 Å². The van der Waals surface area contributed by atoms with Gasteiger partial charge in [0, 0.05) is 12.6 Å². The van der Waals surface area contributed by atoms with E-state index >= 15 is 0 Å². The predicted octanol–water partition coefficient (Wildman–Crippen LogP) is 3.47. The molecule has 0 saturated carbocycles. The third-order valence-electron chi connectivity index (χ3n) is 3.99. The van der Waals surface area contributed by atoms with Gasteiger partial charge in [-0.15, -0.1) is 0 Å². The molecule has 0 N–H and O–H groups in total. The summed E-state index contributed by atoms with van der Waals surface area (Å²) in [4.78, 5) is 14.2. The molecule has 0 unspecified atom stereocenters. The first-order valence-corrected chi connectivity index (χ1v) is 8.13. The molecule has 0 aliphatic rings. The Labute approximate surface area is 149 Å². The molecule has 2 aromatic carbocycles. The summed E-state index contributed by atoms with van der Waals surface area (Å²) in [7, 11) is 4.87. The fourth-order valence-corrected chi connectivity index (χ4v) is 2.54. The summed E-state index contributed by atoms with van der Waals surface area (Å²) in [5, 5.41) is 0. The molecule has 5 nitrogen and oxygen atoms in total. The Morgan fingerprint density at radius 2 is 1.64 bits per heavy atom. The van der Waals surface area contributed by atoms with Gasteiger partial charge in [0.05, 0.1) is 20.8 Å². The van der Waals surface area contributed by atoms with Crippen molar-refractivity contribution in [2.45, 2.75) is 13.8 Å². The van der Waals surface area contributed by atoms with Crippen molar-refractivity contribution < 1.29 is 19.0 Å². The molecular weight excluding hydrogens is 318 g/mol. The summed E-state index contributed by atoms with van der Waals surface area (Å²) < 4.78 is 16.2. The van der Waals surface area contributed by atoms with Gasteiger partial charge in [0.15, 0.2) is 11.5 Å². The summed E-state index contributed by atoms with van der Waals surface area (Å²) in [6.07, 6.45) is 0. The third kappa shape index (κ3) is 4.66.